The largest absolute Gasteiger partial charge is 0.355 e. The van der Waals surface area contributed by atoms with Gasteiger partial charge in [-0.05, 0) is 50.6 Å². The molecule has 0 unspecified atom stereocenters. The van der Waals surface area contributed by atoms with Gasteiger partial charge in [0.15, 0.2) is 0 Å². The Bertz CT molecular complexity index is 929. The van der Waals surface area contributed by atoms with Gasteiger partial charge in [-0.25, -0.2) is 4.68 Å². The molecule has 0 aromatic carbocycles. The van der Waals surface area contributed by atoms with Crippen LogP contribution in [0.5, 0.6) is 0 Å². The van der Waals surface area contributed by atoms with Gasteiger partial charge in [0.2, 0.25) is 5.91 Å². The number of amides is 1. The fraction of sp³-hybridized carbons (Fsp3) is 0.368. The van der Waals surface area contributed by atoms with Crippen LogP contribution >= 0.6 is 0 Å². The summed E-state index contributed by atoms with van der Waals surface area (Å²) in [4.78, 5) is 20.8. The van der Waals surface area contributed by atoms with E-state index >= 15 is 0 Å². The van der Waals surface area contributed by atoms with Crippen molar-refractivity contribution in [3.8, 4) is 5.69 Å². The molecule has 0 radical (unpaired) electrons. The van der Waals surface area contributed by atoms with Gasteiger partial charge in [0.25, 0.3) is 0 Å². The molecule has 7 heteroatoms. The second kappa shape index (κ2) is 7.21. The molecule has 3 aromatic rings. The predicted octanol–water partition coefficient (Wildman–Crippen LogP) is 1.39. The van der Waals surface area contributed by atoms with Crippen molar-refractivity contribution in [1.82, 2.24) is 30.4 Å². The third-order valence-corrected chi connectivity index (χ3v) is 4.73. The van der Waals surface area contributed by atoms with E-state index < -0.39 is 0 Å². The highest BCUT2D eigenvalue weighted by Gasteiger charge is 2.15. The molecule has 1 aliphatic heterocycles. The third kappa shape index (κ3) is 3.57. The first-order chi connectivity index (χ1) is 12.7. The summed E-state index contributed by atoms with van der Waals surface area (Å²) in [6, 6.07) is 5.83. The second-order valence-corrected chi connectivity index (χ2v) is 6.79. The molecule has 4 rings (SSSR count). The fourth-order valence-electron chi connectivity index (χ4n) is 3.31. The fourth-order valence-corrected chi connectivity index (χ4v) is 3.31. The van der Waals surface area contributed by atoms with Crippen molar-refractivity contribution in [1.29, 1.82) is 0 Å². The number of carbonyl (C=O) groups excluding carboxylic acids is 1. The lowest BCUT2D eigenvalue weighted by atomic mass is 10.1. The first-order valence-corrected chi connectivity index (χ1v) is 8.92. The standard InChI is InChI=1S/C19H22N6O/c1-13-6-17(3-5-21-13)25-18-12-22-16(7-15(18)11-24-25)8-19(26)23-10-14-2-4-20-9-14/h3,5-7,11-12,14,20H,2,4,8-10H2,1H3,(H,23,26)/t14-/m1/s1. The van der Waals surface area contributed by atoms with Crippen LogP contribution in [0.15, 0.2) is 36.8 Å². The molecule has 1 fully saturated rings. The number of rotatable bonds is 5. The smallest absolute Gasteiger partial charge is 0.226 e. The zero-order valence-electron chi connectivity index (χ0n) is 14.8. The normalized spacial score (nSPS) is 16.9. The summed E-state index contributed by atoms with van der Waals surface area (Å²) >= 11 is 0. The molecule has 26 heavy (non-hydrogen) atoms. The predicted molar refractivity (Wildman–Crippen MR) is 99.1 cm³/mol. The van der Waals surface area contributed by atoms with E-state index in [9.17, 15) is 4.79 Å². The molecule has 1 aliphatic rings. The van der Waals surface area contributed by atoms with Gasteiger partial charge in [0.05, 0.1) is 35.7 Å². The highest BCUT2D eigenvalue weighted by molar-refractivity contribution is 5.82. The monoisotopic (exact) mass is 350 g/mol. The average Bonchev–Trinajstić information content (AvgIpc) is 3.29. The minimum atomic E-state index is 0.0147. The molecule has 1 atom stereocenters. The molecule has 1 amide bonds. The number of aromatic nitrogens is 4. The Morgan fingerprint density at radius 3 is 3.08 bits per heavy atom. The van der Waals surface area contributed by atoms with Gasteiger partial charge in [0, 0.05) is 23.8 Å². The van der Waals surface area contributed by atoms with E-state index in [0.717, 1.165) is 54.0 Å². The van der Waals surface area contributed by atoms with Crippen LogP contribution < -0.4 is 10.6 Å². The van der Waals surface area contributed by atoms with E-state index in [2.05, 4.69) is 25.7 Å². The minimum absolute atomic E-state index is 0.0147. The number of hydrogen-bond donors (Lipinski definition) is 2. The summed E-state index contributed by atoms with van der Waals surface area (Å²) in [5, 5.41) is 11.7. The van der Waals surface area contributed by atoms with Crippen molar-refractivity contribution >= 4 is 16.8 Å². The zero-order chi connectivity index (χ0) is 17.9. The molecule has 0 bridgehead atoms. The van der Waals surface area contributed by atoms with Gasteiger partial charge in [-0.3, -0.25) is 14.8 Å². The van der Waals surface area contributed by atoms with E-state index in [1.807, 2.05) is 29.8 Å². The highest BCUT2D eigenvalue weighted by Crippen LogP contribution is 2.18. The molecule has 4 heterocycles. The summed E-state index contributed by atoms with van der Waals surface area (Å²) < 4.78 is 1.84. The summed E-state index contributed by atoms with van der Waals surface area (Å²) in [6.07, 6.45) is 6.76. The Morgan fingerprint density at radius 2 is 2.27 bits per heavy atom. The van der Waals surface area contributed by atoms with Gasteiger partial charge in [-0.1, -0.05) is 0 Å². The number of nitrogens with zero attached hydrogens (tertiary/aromatic N) is 4. The summed E-state index contributed by atoms with van der Waals surface area (Å²) in [5.74, 6) is 0.553. The summed E-state index contributed by atoms with van der Waals surface area (Å²) in [6.45, 7) is 4.71. The maximum atomic E-state index is 12.2. The van der Waals surface area contributed by atoms with Crippen molar-refractivity contribution in [2.45, 2.75) is 19.8 Å². The van der Waals surface area contributed by atoms with Crippen molar-refractivity contribution in [3.63, 3.8) is 0 Å². The van der Waals surface area contributed by atoms with Gasteiger partial charge in [0.1, 0.15) is 0 Å². The number of carbonyl (C=O) groups is 1. The van der Waals surface area contributed by atoms with Crippen LogP contribution in [-0.4, -0.2) is 45.3 Å². The van der Waals surface area contributed by atoms with Crippen LogP contribution in [-0.2, 0) is 11.2 Å². The minimum Gasteiger partial charge on any atom is -0.355 e. The molecular formula is C19H22N6O. The summed E-state index contributed by atoms with van der Waals surface area (Å²) in [5.41, 5.74) is 3.55. The van der Waals surface area contributed by atoms with E-state index in [4.69, 9.17) is 0 Å². The van der Waals surface area contributed by atoms with Gasteiger partial charge in [-0.15, -0.1) is 0 Å². The van der Waals surface area contributed by atoms with Gasteiger partial charge >= 0.3 is 0 Å². The van der Waals surface area contributed by atoms with E-state index in [1.165, 1.54) is 0 Å². The Hall–Kier alpha value is -2.80. The molecule has 0 saturated carbocycles. The third-order valence-electron chi connectivity index (χ3n) is 4.73. The van der Waals surface area contributed by atoms with Gasteiger partial charge < -0.3 is 10.6 Å². The van der Waals surface area contributed by atoms with Crippen LogP contribution in [0, 0.1) is 12.8 Å². The molecule has 0 aliphatic carbocycles. The molecule has 134 valence electrons. The molecule has 3 aromatic heterocycles. The number of aryl methyl sites for hydroxylation is 1. The van der Waals surface area contributed by atoms with Crippen LogP contribution in [0.1, 0.15) is 17.8 Å². The van der Waals surface area contributed by atoms with Crippen LogP contribution in [0.25, 0.3) is 16.6 Å². The quantitative estimate of drug-likeness (QED) is 0.726. The molecule has 2 N–H and O–H groups in total. The molecule has 1 saturated heterocycles. The Labute approximate surface area is 151 Å². The SMILES string of the molecule is Cc1cc(-n2ncc3cc(CC(=O)NC[C@@H]4CCNC4)ncc32)ccn1. The van der Waals surface area contributed by atoms with E-state index in [-0.39, 0.29) is 12.3 Å². The van der Waals surface area contributed by atoms with E-state index in [0.29, 0.717) is 5.92 Å². The second-order valence-electron chi connectivity index (χ2n) is 6.79. The lowest BCUT2D eigenvalue weighted by Gasteiger charge is -2.10. The summed E-state index contributed by atoms with van der Waals surface area (Å²) in [7, 11) is 0. The Balaban J connectivity index is 1.47. The Kier molecular flexibility index (Phi) is 4.62. The lowest BCUT2D eigenvalue weighted by Crippen LogP contribution is -2.31. The van der Waals surface area contributed by atoms with Crippen LogP contribution in [0.2, 0.25) is 0 Å². The van der Waals surface area contributed by atoms with Crippen molar-refractivity contribution in [2.24, 2.45) is 5.92 Å². The number of hydrogen-bond acceptors (Lipinski definition) is 5. The maximum absolute atomic E-state index is 12.2. The lowest BCUT2D eigenvalue weighted by molar-refractivity contribution is -0.120. The molecule has 0 spiro atoms. The van der Waals surface area contributed by atoms with E-state index in [1.54, 1.807) is 18.6 Å². The first-order valence-electron chi connectivity index (χ1n) is 8.92. The zero-order valence-corrected chi connectivity index (χ0v) is 14.8. The van der Waals surface area contributed by atoms with Crippen molar-refractivity contribution in [2.75, 3.05) is 19.6 Å². The van der Waals surface area contributed by atoms with Crippen LogP contribution in [0.3, 0.4) is 0 Å². The molecular weight excluding hydrogens is 328 g/mol. The first kappa shape index (κ1) is 16.7. The number of fused-ring (bicyclic) bond motifs is 1. The molecule has 7 nitrogen and oxygen atoms in total. The Morgan fingerprint density at radius 1 is 1.35 bits per heavy atom. The number of pyridine rings is 2. The highest BCUT2D eigenvalue weighted by atomic mass is 16.1. The van der Waals surface area contributed by atoms with Crippen molar-refractivity contribution in [3.05, 3.63) is 48.2 Å². The average molecular weight is 350 g/mol. The van der Waals surface area contributed by atoms with Crippen LogP contribution in [0.4, 0.5) is 0 Å². The topological polar surface area (TPSA) is 84.7 Å². The van der Waals surface area contributed by atoms with Gasteiger partial charge in [-0.2, -0.15) is 5.10 Å². The number of nitrogens with one attached hydrogen (secondary N) is 2. The maximum Gasteiger partial charge on any atom is 0.226 e. The van der Waals surface area contributed by atoms with Crippen molar-refractivity contribution < 1.29 is 4.79 Å².